The summed E-state index contributed by atoms with van der Waals surface area (Å²) < 4.78 is 72.9. The van der Waals surface area contributed by atoms with E-state index in [9.17, 15) is 22.4 Å². The van der Waals surface area contributed by atoms with Crippen LogP contribution in [0.4, 0.5) is 17.6 Å². The van der Waals surface area contributed by atoms with Crippen molar-refractivity contribution in [2.75, 3.05) is 7.11 Å². The number of carboxylic acids is 1. The molecule has 0 bridgehead atoms. The van der Waals surface area contributed by atoms with E-state index in [-0.39, 0.29) is 17.8 Å². The molecule has 0 fully saturated rings. The molecule has 6 nitrogen and oxygen atoms in total. The number of benzene rings is 3. The second kappa shape index (κ2) is 10.0. The summed E-state index contributed by atoms with van der Waals surface area (Å²) in [5, 5.41) is 9.53. The van der Waals surface area contributed by atoms with Gasteiger partial charge in [-0.2, -0.15) is 13.2 Å². The van der Waals surface area contributed by atoms with E-state index < -0.39 is 29.6 Å². The predicted molar refractivity (Wildman–Crippen MR) is 128 cm³/mol. The van der Waals surface area contributed by atoms with Gasteiger partial charge in [-0.25, -0.2) is 9.18 Å². The Balaban J connectivity index is 1.79. The van der Waals surface area contributed by atoms with Crippen LogP contribution in [0.1, 0.15) is 23.7 Å². The van der Waals surface area contributed by atoms with Gasteiger partial charge in [0, 0.05) is 11.9 Å². The van der Waals surface area contributed by atoms with Crippen LogP contribution < -0.4 is 14.2 Å². The molecule has 0 saturated heterocycles. The molecule has 0 aliphatic heterocycles. The molecule has 194 valence electrons. The molecule has 37 heavy (non-hydrogen) atoms. The third-order valence-corrected chi connectivity index (χ3v) is 5.86. The lowest BCUT2D eigenvalue weighted by Crippen LogP contribution is -2.23. The zero-order valence-corrected chi connectivity index (χ0v) is 20.1. The molecule has 0 spiro atoms. The van der Waals surface area contributed by atoms with E-state index in [0.29, 0.717) is 33.9 Å². The highest BCUT2D eigenvalue weighted by atomic mass is 19.4. The van der Waals surface area contributed by atoms with E-state index in [2.05, 4.69) is 0 Å². The van der Waals surface area contributed by atoms with Crippen molar-refractivity contribution >= 4 is 16.9 Å². The molecule has 10 heteroatoms. The Morgan fingerprint density at radius 1 is 1.03 bits per heavy atom. The minimum absolute atomic E-state index is 0.0493. The molecule has 1 aromatic heterocycles. The number of nitrogens with zero attached hydrogens (tertiary/aromatic N) is 1. The monoisotopic (exact) mass is 517 g/mol. The fourth-order valence-electron chi connectivity index (χ4n) is 3.88. The molecule has 0 aliphatic rings. The fourth-order valence-corrected chi connectivity index (χ4v) is 3.88. The number of carboxylic acid groups (broad SMARTS) is 1. The first-order chi connectivity index (χ1) is 17.5. The molecule has 3 aromatic carbocycles. The summed E-state index contributed by atoms with van der Waals surface area (Å²) in [7, 11) is 1.53. The largest absolute Gasteiger partial charge is 0.497 e. The van der Waals surface area contributed by atoms with Crippen LogP contribution in [0, 0.1) is 12.7 Å². The Kier molecular flexibility index (Phi) is 7.02. The van der Waals surface area contributed by atoms with Crippen molar-refractivity contribution in [1.29, 1.82) is 0 Å². The van der Waals surface area contributed by atoms with Crippen LogP contribution in [-0.4, -0.2) is 28.9 Å². The van der Waals surface area contributed by atoms with Crippen LogP contribution in [0.2, 0.25) is 0 Å². The summed E-state index contributed by atoms with van der Waals surface area (Å²) in [6.07, 6.45) is -5.85. The molecule has 0 amide bonds. The van der Waals surface area contributed by atoms with Crippen molar-refractivity contribution in [2.45, 2.75) is 32.7 Å². The highest BCUT2D eigenvalue weighted by Crippen LogP contribution is 2.40. The third kappa shape index (κ3) is 5.47. The van der Waals surface area contributed by atoms with Crippen LogP contribution in [-0.2, 0) is 17.5 Å². The Morgan fingerprint density at radius 2 is 1.70 bits per heavy atom. The molecule has 1 heterocycles. The van der Waals surface area contributed by atoms with E-state index in [1.165, 1.54) is 32.2 Å². The number of carbonyl (C=O) groups is 1. The Morgan fingerprint density at radius 3 is 2.32 bits per heavy atom. The van der Waals surface area contributed by atoms with Crippen LogP contribution in [0.25, 0.3) is 10.9 Å². The molecule has 0 unspecified atom stereocenters. The summed E-state index contributed by atoms with van der Waals surface area (Å²) in [6.45, 7) is 3.02. The SMILES string of the molecule is COc1ccc(Oc2c(C)n(Cc3ccc(F)c(O[C@H](C)C(=O)O)c3)c3cc(C(F)(F)F)ccc23)cc1. The molecule has 0 radical (unpaired) electrons. The second-order valence-corrected chi connectivity index (χ2v) is 8.37. The average molecular weight is 517 g/mol. The first kappa shape index (κ1) is 25.9. The molecule has 1 atom stereocenters. The fraction of sp³-hybridized carbons (Fsp3) is 0.222. The molecule has 1 N–H and O–H groups in total. The minimum atomic E-state index is -4.56. The molecule has 4 rings (SSSR count). The van der Waals surface area contributed by atoms with Crippen LogP contribution >= 0.6 is 0 Å². The van der Waals surface area contributed by atoms with Gasteiger partial charge in [-0.3, -0.25) is 0 Å². The molecule has 0 aliphatic carbocycles. The minimum Gasteiger partial charge on any atom is -0.497 e. The quantitative estimate of drug-likeness (QED) is 0.260. The van der Waals surface area contributed by atoms with Gasteiger partial charge in [0.15, 0.2) is 23.4 Å². The number of aromatic nitrogens is 1. The summed E-state index contributed by atoms with van der Waals surface area (Å²) in [6, 6.07) is 14.0. The zero-order valence-electron chi connectivity index (χ0n) is 20.1. The summed E-state index contributed by atoms with van der Waals surface area (Å²) in [4.78, 5) is 11.1. The van der Waals surface area contributed by atoms with Crippen molar-refractivity contribution in [3.8, 4) is 23.0 Å². The van der Waals surface area contributed by atoms with Crippen molar-refractivity contribution < 1.29 is 41.7 Å². The summed E-state index contributed by atoms with van der Waals surface area (Å²) in [5.74, 6) is -0.846. The molecule has 4 aromatic rings. The molecule has 0 saturated carbocycles. The van der Waals surface area contributed by atoms with E-state index in [1.807, 2.05) is 0 Å². The number of alkyl halides is 3. The van der Waals surface area contributed by atoms with Gasteiger partial charge in [0.1, 0.15) is 11.5 Å². The van der Waals surface area contributed by atoms with Crippen molar-refractivity contribution in [2.24, 2.45) is 0 Å². The van der Waals surface area contributed by atoms with Gasteiger partial charge in [0.05, 0.1) is 23.9 Å². The van der Waals surface area contributed by atoms with E-state index in [4.69, 9.17) is 19.3 Å². The zero-order chi connectivity index (χ0) is 26.9. The van der Waals surface area contributed by atoms with Crippen LogP contribution in [0.3, 0.4) is 0 Å². The van der Waals surface area contributed by atoms with Gasteiger partial charge >= 0.3 is 12.1 Å². The first-order valence-electron chi connectivity index (χ1n) is 11.2. The van der Waals surface area contributed by atoms with Gasteiger partial charge < -0.3 is 23.9 Å². The van der Waals surface area contributed by atoms with Gasteiger partial charge in [0.25, 0.3) is 0 Å². The van der Waals surface area contributed by atoms with Crippen LogP contribution in [0.15, 0.2) is 60.7 Å². The van der Waals surface area contributed by atoms with Gasteiger partial charge in [-0.1, -0.05) is 6.07 Å². The number of hydrogen-bond acceptors (Lipinski definition) is 4. The van der Waals surface area contributed by atoms with Gasteiger partial charge in [0.2, 0.25) is 0 Å². The van der Waals surface area contributed by atoms with E-state index in [1.54, 1.807) is 35.8 Å². The Labute approximate surface area is 209 Å². The number of methoxy groups -OCH3 is 1. The smallest absolute Gasteiger partial charge is 0.416 e. The maximum absolute atomic E-state index is 14.3. The van der Waals surface area contributed by atoms with Gasteiger partial charge in [-0.15, -0.1) is 0 Å². The number of rotatable bonds is 8. The number of ether oxygens (including phenoxy) is 3. The number of fused-ring (bicyclic) bond motifs is 1. The van der Waals surface area contributed by atoms with E-state index >= 15 is 0 Å². The lowest BCUT2D eigenvalue weighted by molar-refractivity contribution is -0.144. The predicted octanol–water partition coefficient (Wildman–Crippen LogP) is 6.81. The number of hydrogen-bond donors (Lipinski definition) is 1. The number of aliphatic carboxylic acids is 1. The third-order valence-electron chi connectivity index (χ3n) is 5.86. The second-order valence-electron chi connectivity index (χ2n) is 8.37. The summed E-state index contributed by atoms with van der Waals surface area (Å²) in [5.41, 5.74) is 0.466. The lowest BCUT2D eigenvalue weighted by Gasteiger charge is -2.14. The highest BCUT2D eigenvalue weighted by Gasteiger charge is 2.31. The van der Waals surface area contributed by atoms with Crippen molar-refractivity contribution in [3.05, 3.63) is 83.3 Å². The normalized spacial score (nSPS) is 12.4. The highest BCUT2D eigenvalue weighted by molar-refractivity contribution is 5.89. The standard InChI is InChI=1S/C27H23F4NO5/c1-15-25(37-20-8-6-19(35-3)7-9-20)21-10-5-18(27(29,30)31)13-23(21)32(15)14-17-4-11-22(28)24(12-17)36-16(2)26(33)34/h4-13,16H,14H2,1-3H3,(H,33,34)/t16-/m1/s1. The average Bonchev–Trinajstić information content (AvgIpc) is 3.11. The maximum atomic E-state index is 14.3. The summed E-state index contributed by atoms with van der Waals surface area (Å²) >= 11 is 0. The topological polar surface area (TPSA) is 69.9 Å². The maximum Gasteiger partial charge on any atom is 0.416 e. The first-order valence-corrected chi connectivity index (χ1v) is 11.2. The molecular weight excluding hydrogens is 494 g/mol. The van der Waals surface area contributed by atoms with E-state index in [0.717, 1.165) is 18.2 Å². The number of halogens is 4. The Hall–Kier alpha value is -4.21. The van der Waals surface area contributed by atoms with Crippen LogP contribution in [0.5, 0.6) is 23.0 Å². The Bertz CT molecular complexity index is 1440. The van der Waals surface area contributed by atoms with Crippen molar-refractivity contribution in [1.82, 2.24) is 4.57 Å². The van der Waals surface area contributed by atoms with Crippen molar-refractivity contribution in [3.63, 3.8) is 0 Å². The molecular formula is C27H23F4NO5. The van der Waals surface area contributed by atoms with Gasteiger partial charge in [-0.05, 0) is 74.0 Å². The lowest BCUT2D eigenvalue weighted by atomic mass is 10.1.